The van der Waals surface area contributed by atoms with Crippen LogP contribution in [0.3, 0.4) is 0 Å². The van der Waals surface area contributed by atoms with Crippen LogP contribution in [0.2, 0.25) is 0 Å². The first kappa shape index (κ1) is 25.3. The molecule has 0 aromatic heterocycles. The van der Waals surface area contributed by atoms with E-state index in [9.17, 15) is 0 Å². The third-order valence-electron chi connectivity index (χ3n) is 5.49. The van der Waals surface area contributed by atoms with Gasteiger partial charge in [-0.15, -0.1) is 0 Å². The number of methoxy groups -OCH3 is 2. The van der Waals surface area contributed by atoms with E-state index in [1.807, 2.05) is 0 Å². The van der Waals surface area contributed by atoms with E-state index in [4.69, 9.17) is 31.5 Å². The van der Waals surface area contributed by atoms with Crippen LogP contribution in [-0.4, -0.2) is 32.9 Å². The van der Waals surface area contributed by atoms with Gasteiger partial charge in [0.2, 0.25) is 0 Å². The summed E-state index contributed by atoms with van der Waals surface area (Å²) in [6, 6.07) is 2.85. The van der Waals surface area contributed by atoms with Crippen LogP contribution in [0.15, 0.2) is 81.8 Å². The predicted molar refractivity (Wildman–Crippen MR) is 134 cm³/mol. The maximum Gasteiger partial charge on any atom is 0.164 e. The molecule has 1 aromatic carbocycles. The number of nitrogens with one attached hydrogen (secondary N) is 1. The van der Waals surface area contributed by atoms with Crippen LogP contribution in [0.5, 0.6) is 11.5 Å². The van der Waals surface area contributed by atoms with E-state index in [-0.39, 0.29) is 18.3 Å². The molecule has 0 saturated carbocycles. The summed E-state index contributed by atoms with van der Waals surface area (Å²) in [4.78, 5) is 8.64. The minimum absolute atomic E-state index is 0.0508. The molecular formula is C25H28ClFN4O3. The second-order valence-electron chi connectivity index (χ2n) is 7.48. The lowest BCUT2D eigenvalue weighted by molar-refractivity contribution is 0.123. The third kappa shape index (κ3) is 5.58. The van der Waals surface area contributed by atoms with Gasteiger partial charge < -0.3 is 25.3 Å². The molecule has 3 rings (SSSR count). The summed E-state index contributed by atoms with van der Waals surface area (Å²) in [6.45, 7) is 7.32. The largest absolute Gasteiger partial charge is 0.493 e. The molecule has 9 heteroatoms. The number of benzene rings is 1. The van der Waals surface area contributed by atoms with E-state index in [1.54, 1.807) is 18.5 Å². The van der Waals surface area contributed by atoms with E-state index >= 15 is 4.39 Å². The van der Waals surface area contributed by atoms with Crippen LogP contribution in [0.1, 0.15) is 24.5 Å². The van der Waals surface area contributed by atoms with Gasteiger partial charge in [-0.05, 0) is 36.6 Å². The third-order valence-corrected chi connectivity index (χ3v) is 5.79. The van der Waals surface area contributed by atoms with Crippen molar-refractivity contribution in [3.8, 4) is 11.5 Å². The first-order valence-corrected chi connectivity index (χ1v) is 11.0. The smallest absolute Gasteiger partial charge is 0.164 e. The Morgan fingerprint density at radius 1 is 1.35 bits per heavy atom. The lowest BCUT2D eigenvalue weighted by Crippen LogP contribution is -2.26. The minimum atomic E-state index is -0.656. The van der Waals surface area contributed by atoms with Crippen LogP contribution < -0.4 is 20.5 Å². The monoisotopic (exact) mass is 486 g/mol. The highest BCUT2D eigenvalue weighted by atomic mass is 35.5. The Morgan fingerprint density at radius 3 is 2.82 bits per heavy atom. The van der Waals surface area contributed by atoms with E-state index in [0.29, 0.717) is 34.2 Å². The molecule has 0 bridgehead atoms. The number of hydrogen-bond donors (Lipinski definition) is 2. The van der Waals surface area contributed by atoms with Gasteiger partial charge >= 0.3 is 0 Å². The topological polar surface area (TPSA) is 90.5 Å². The van der Waals surface area contributed by atoms with Crippen molar-refractivity contribution < 1.29 is 18.6 Å². The average molecular weight is 487 g/mol. The Bertz CT molecular complexity index is 1110. The molecular weight excluding hydrogens is 459 g/mol. The SMILES string of the molecule is C=C/C(N)=C(\C=C)N=CCOc1cc(F)c(C(OC)C2=CN=C3NC=C(Cl)CCC23)cc1OC. The molecule has 2 heterocycles. The summed E-state index contributed by atoms with van der Waals surface area (Å²) in [6.07, 6.45) is 8.71. The van der Waals surface area contributed by atoms with Crippen LogP contribution in [0, 0.1) is 11.7 Å². The van der Waals surface area contributed by atoms with Crippen molar-refractivity contribution in [3.63, 3.8) is 0 Å². The maximum atomic E-state index is 15.3. The summed E-state index contributed by atoms with van der Waals surface area (Å²) in [5.74, 6) is 0.819. The van der Waals surface area contributed by atoms with E-state index in [0.717, 1.165) is 17.8 Å². The zero-order valence-electron chi connectivity index (χ0n) is 19.2. The van der Waals surface area contributed by atoms with Gasteiger partial charge in [0.15, 0.2) is 11.5 Å². The Labute approximate surface area is 203 Å². The molecule has 0 aliphatic carbocycles. The second kappa shape index (κ2) is 11.7. The summed E-state index contributed by atoms with van der Waals surface area (Å²) in [7, 11) is 3.02. The molecule has 2 atom stereocenters. The molecule has 1 aromatic rings. The van der Waals surface area contributed by atoms with Crippen LogP contribution in [0.4, 0.5) is 4.39 Å². The highest BCUT2D eigenvalue weighted by Gasteiger charge is 2.34. The van der Waals surface area contributed by atoms with Crippen molar-refractivity contribution in [1.82, 2.24) is 5.32 Å². The lowest BCUT2D eigenvalue weighted by Gasteiger charge is -2.24. The zero-order chi connectivity index (χ0) is 24.7. The van der Waals surface area contributed by atoms with Gasteiger partial charge in [0.05, 0.1) is 18.5 Å². The molecule has 0 radical (unpaired) electrons. The highest BCUT2D eigenvalue weighted by Crippen LogP contribution is 2.41. The second-order valence-corrected chi connectivity index (χ2v) is 7.97. The van der Waals surface area contributed by atoms with E-state index in [2.05, 4.69) is 28.5 Å². The van der Waals surface area contributed by atoms with E-state index < -0.39 is 11.9 Å². The fourth-order valence-corrected chi connectivity index (χ4v) is 3.92. The number of halogens is 2. The molecule has 0 saturated heterocycles. The molecule has 0 spiro atoms. The summed E-state index contributed by atoms with van der Waals surface area (Å²) < 4.78 is 32.1. The van der Waals surface area contributed by atoms with Crippen molar-refractivity contribution in [2.75, 3.05) is 20.8 Å². The number of amidine groups is 1. The summed E-state index contributed by atoms with van der Waals surface area (Å²) in [5, 5.41) is 3.84. The van der Waals surface area contributed by atoms with Crippen molar-refractivity contribution in [1.29, 1.82) is 0 Å². The van der Waals surface area contributed by atoms with Gasteiger partial charge in [-0.1, -0.05) is 24.8 Å². The van der Waals surface area contributed by atoms with Crippen molar-refractivity contribution in [2.24, 2.45) is 21.6 Å². The molecule has 2 aliphatic heterocycles. The zero-order valence-corrected chi connectivity index (χ0v) is 19.9. The predicted octanol–water partition coefficient (Wildman–Crippen LogP) is 4.89. The number of allylic oxidation sites excluding steroid dienone is 3. The Morgan fingerprint density at radius 2 is 2.15 bits per heavy atom. The van der Waals surface area contributed by atoms with Gasteiger partial charge in [-0.25, -0.2) is 9.38 Å². The first-order valence-electron chi connectivity index (χ1n) is 10.6. The quantitative estimate of drug-likeness (QED) is 0.363. The first-order chi connectivity index (χ1) is 16.4. The molecule has 2 aliphatic rings. The van der Waals surface area contributed by atoms with Crippen LogP contribution in [0.25, 0.3) is 0 Å². The van der Waals surface area contributed by atoms with Crippen molar-refractivity contribution in [3.05, 3.63) is 83.2 Å². The Hall–Kier alpha value is -3.36. The molecule has 7 nitrogen and oxygen atoms in total. The number of fused-ring (bicyclic) bond motifs is 1. The van der Waals surface area contributed by atoms with Gasteiger partial charge in [-0.3, -0.25) is 4.99 Å². The molecule has 0 amide bonds. The van der Waals surface area contributed by atoms with Gasteiger partial charge in [0.25, 0.3) is 0 Å². The fraction of sp³-hybridized carbons (Fsp3) is 0.280. The Kier molecular flexibility index (Phi) is 8.67. The normalized spacial score (nSPS) is 19.1. The maximum absolute atomic E-state index is 15.3. The molecule has 0 fully saturated rings. The van der Waals surface area contributed by atoms with Crippen LogP contribution in [-0.2, 0) is 4.74 Å². The lowest BCUT2D eigenvalue weighted by atomic mass is 9.88. The number of nitrogens with two attached hydrogens (primary N) is 1. The number of rotatable bonds is 10. The van der Waals surface area contributed by atoms with Gasteiger partial charge in [0.1, 0.15) is 24.4 Å². The minimum Gasteiger partial charge on any atom is -0.493 e. The number of nitrogens with zero attached hydrogens (tertiary/aromatic N) is 2. The molecule has 3 N–H and O–H groups in total. The van der Waals surface area contributed by atoms with Gasteiger partial charge in [0, 0.05) is 48.3 Å². The number of hydrogen-bond acceptors (Lipinski definition) is 7. The van der Waals surface area contributed by atoms with E-state index in [1.165, 1.54) is 38.7 Å². The van der Waals surface area contributed by atoms with Crippen LogP contribution >= 0.6 is 11.6 Å². The fourth-order valence-electron chi connectivity index (χ4n) is 3.76. The van der Waals surface area contributed by atoms with Gasteiger partial charge in [-0.2, -0.15) is 0 Å². The standard InChI is InChI=1S/C25H28ClFN4O3/c1-5-20(28)21(6-2)29-9-10-34-23-12-19(27)17(11-22(23)32-3)24(33-4)18-14-31-25-16(18)8-7-15(26)13-30-25/h5-6,9,11-14,16,24H,1-2,7-8,10,28H2,3-4H3,(H,30,31)/b21-20-,29-9?. The molecule has 34 heavy (non-hydrogen) atoms. The average Bonchev–Trinajstić information content (AvgIpc) is 3.15. The molecule has 180 valence electrons. The van der Waals surface area contributed by atoms with Crippen molar-refractivity contribution in [2.45, 2.75) is 18.9 Å². The highest BCUT2D eigenvalue weighted by molar-refractivity contribution is 6.29. The molecule has 2 unspecified atom stereocenters. The number of aliphatic imine (C=N–C) groups is 2. The Balaban J connectivity index is 1.80. The summed E-state index contributed by atoms with van der Waals surface area (Å²) >= 11 is 6.17. The van der Waals surface area contributed by atoms with Crippen molar-refractivity contribution >= 4 is 23.7 Å². The summed E-state index contributed by atoms with van der Waals surface area (Å²) in [5.41, 5.74) is 7.80. The number of ether oxygens (including phenoxy) is 3.